The molecule has 4 amide bonds. The number of para-hydroxylation sites is 1. The van der Waals surface area contributed by atoms with E-state index in [2.05, 4.69) is 26.7 Å². The van der Waals surface area contributed by atoms with Gasteiger partial charge in [-0.05, 0) is 98.0 Å². The molecule has 0 radical (unpaired) electrons. The predicted molar refractivity (Wildman–Crippen MR) is 213 cm³/mol. The standard InChI is InChI=1S/C45H37BrN4O5/c1-26-12-15-31(16-13-26)48-50-42(53)37-25-35-33(40(36-24-28(46)14-23-38(36)51)45(37,44(50)55)27-8-4-2-5-9-27)21-22-34-39(35)43(54)49(41(34)52)32-19-17-30(18-20-32)47-29-10-6-3-7-11-29/h2-21,23-24,34-35,37,39-40,47-48,51H,22,25H2,1H3/t34-,35+,37-,39-,40+,45+/m0/s1. The van der Waals surface area contributed by atoms with E-state index < -0.39 is 46.8 Å². The number of nitrogens with zero attached hydrogens (tertiary/aromatic N) is 2. The molecular weight excluding hydrogens is 756 g/mol. The first-order valence-electron chi connectivity index (χ1n) is 18.4. The quantitative estimate of drug-likeness (QED) is 0.112. The summed E-state index contributed by atoms with van der Waals surface area (Å²) >= 11 is 3.59. The zero-order valence-corrected chi connectivity index (χ0v) is 31.4. The fraction of sp³-hybridized carbons (Fsp3) is 0.200. The van der Waals surface area contributed by atoms with E-state index in [1.807, 2.05) is 110 Å². The monoisotopic (exact) mass is 792 g/mol. The first-order valence-corrected chi connectivity index (χ1v) is 19.2. The van der Waals surface area contributed by atoms with E-state index in [1.165, 1.54) is 4.90 Å². The number of aryl methyl sites for hydroxylation is 1. The van der Waals surface area contributed by atoms with E-state index in [0.717, 1.165) is 27.5 Å². The Hall–Kier alpha value is -6.00. The second-order valence-corrected chi connectivity index (χ2v) is 15.8. The topological polar surface area (TPSA) is 119 Å². The molecule has 10 heteroatoms. The van der Waals surface area contributed by atoms with Crippen LogP contribution in [0.1, 0.15) is 35.4 Å². The van der Waals surface area contributed by atoms with Crippen LogP contribution in [-0.4, -0.2) is 33.7 Å². The molecule has 1 saturated carbocycles. The fourth-order valence-electron chi connectivity index (χ4n) is 9.48. The molecule has 2 heterocycles. The smallest absolute Gasteiger partial charge is 0.260 e. The summed E-state index contributed by atoms with van der Waals surface area (Å²) in [4.78, 5) is 60.4. The van der Waals surface area contributed by atoms with Gasteiger partial charge in [0.25, 0.3) is 11.8 Å². The highest BCUT2D eigenvalue weighted by atomic mass is 79.9. The number of anilines is 4. The van der Waals surface area contributed by atoms with Crippen molar-refractivity contribution in [2.24, 2.45) is 23.7 Å². The lowest BCUT2D eigenvalue weighted by Crippen LogP contribution is -2.53. The molecule has 4 aliphatic rings. The van der Waals surface area contributed by atoms with Crippen molar-refractivity contribution in [3.8, 4) is 5.75 Å². The van der Waals surface area contributed by atoms with Crippen molar-refractivity contribution in [3.05, 3.63) is 160 Å². The van der Waals surface area contributed by atoms with Gasteiger partial charge < -0.3 is 10.4 Å². The number of benzene rings is 5. The van der Waals surface area contributed by atoms with Crippen molar-refractivity contribution in [3.63, 3.8) is 0 Å². The Morgan fingerprint density at radius 2 is 1.38 bits per heavy atom. The van der Waals surface area contributed by atoms with Gasteiger partial charge in [0.1, 0.15) is 5.75 Å². The van der Waals surface area contributed by atoms with Crippen molar-refractivity contribution >= 4 is 62.3 Å². The Balaban J connectivity index is 1.15. The third-order valence-electron chi connectivity index (χ3n) is 11.9. The van der Waals surface area contributed by atoms with E-state index in [4.69, 9.17) is 0 Å². The highest BCUT2D eigenvalue weighted by molar-refractivity contribution is 9.10. The van der Waals surface area contributed by atoms with E-state index in [-0.39, 0.29) is 30.4 Å². The third kappa shape index (κ3) is 5.49. The molecule has 0 unspecified atom stereocenters. The average molecular weight is 794 g/mol. The number of hydrogen-bond donors (Lipinski definition) is 3. The minimum absolute atomic E-state index is 0.0317. The minimum atomic E-state index is -1.48. The van der Waals surface area contributed by atoms with Gasteiger partial charge in [0.2, 0.25) is 11.8 Å². The number of phenolic OH excluding ortho intramolecular Hbond substituents is 1. The van der Waals surface area contributed by atoms with Crippen molar-refractivity contribution in [2.75, 3.05) is 15.6 Å². The number of amides is 4. The van der Waals surface area contributed by atoms with Gasteiger partial charge in [0.15, 0.2) is 0 Å². The largest absolute Gasteiger partial charge is 0.508 e. The highest BCUT2D eigenvalue weighted by Crippen LogP contribution is 2.65. The number of phenols is 1. The lowest BCUT2D eigenvalue weighted by molar-refractivity contribution is -0.138. The summed E-state index contributed by atoms with van der Waals surface area (Å²) < 4.78 is 0.686. The number of hydrogen-bond acceptors (Lipinski definition) is 7. The van der Waals surface area contributed by atoms with Crippen molar-refractivity contribution in [2.45, 2.75) is 31.1 Å². The van der Waals surface area contributed by atoms with Gasteiger partial charge in [-0.2, -0.15) is 5.01 Å². The van der Waals surface area contributed by atoms with Crippen LogP contribution in [0.4, 0.5) is 22.7 Å². The molecule has 3 N–H and O–H groups in total. The van der Waals surface area contributed by atoms with E-state index in [1.54, 1.807) is 30.3 Å². The van der Waals surface area contributed by atoms with Crippen molar-refractivity contribution < 1.29 is 24.3 Å². The summed E-state index contributed by atoms with van der Waals surface area (Å²) in [5, 5.41) is 16.1. The van der Waals surface area contributed by atoms with E-state index >= 15 is 4.79 Å². The number of nitrogens with one attached hydrogen (secondary N) is 2. The van der Waals surface area contributed by atoms with Crippen LogP contribution in [0.15, 0.2) is 144 Å². The van der Waals surface area contributed by atoms with Crippen LogP contribution in [-0.2, 0) is 24.6 Å². The summed E-state index contributed by atoms with van der Waals surface area (Å²) in [5.74, 6) is -5.23. The number of hydrazine groups is 1. The van der Waals surface area contributed by atoms with Gasteiger partial charge in [-0.1, -0.05) is 93.8 Å². The lowest BCUT2D eigenvalue weighted by Gasteiger charge is -2.50. The maximum absolute atomic E-state index is 15.3. The molecule has 3 fully saturated rings. The number of allylic oxidation sites excluding steroid dienone is 2. The summed E-state index contributed by atoms with van der Waals surface area (Å²) in [6, 6.07) is 38.8. The molecule has 9 rings (SSSR count). The molecule has 55 heavy (non-hydrogen) atoms. The first kappa shape index (κ1) is 34.7. The molecular formula is C45H37BrN4O5. The van der Waals surface area contributed by atoms with Gasteiger partial charge >= 0.3 is 0 Å². The van der Waals surface area contributed by atoms with Crippen LogP contribution >= 0.6 is 15.9 Å². The molecule has 5 aromatic carbocycles. The van der Waals surface area contributed by atoms with E-state index in [0.29, 0.717) is 27.0 Å². The fourth-order valence-corrected chi connectivity index (χ4v) is 9.86. The van der Waals surface area contributed by atoms with Crippen LogP contribution in [0.3, 0.4) is 0 Å². The molecule has 2 saturated heterocycles. The Labute approximate surface area is 326 Å². The summed E-state index contributed by atoms with van der Waals surface area (Å²) in [6.45, 7) is 1.96. The highest BCUT2D eigenvalue weighted by Gasteiger charge is 2.70. The molecule has 5 aromatic rings. The number of fused-ring (bicyclic) bond motifs is 4. The number of aromatic hydroxyl groups is 1. The number of imide groups is 2. The van der Waals surface area contributed by atoms with Crippen LogP contribution in [0.5, 0.6) is 5.75 Å². The molecule has 2 aliphatic heterocycles. The molecule has 2 aliphatic carbocycles. The normalized spacial score (nSPS) is 25.6. The average Bonchev–Trinajstić information content (AvgIpc) is 3.58. The maximum Gasteiger partial charge on any atom is 0.260 e. The minimum Gasteiger partial charge on any atom is -0.508 e. The molecule has 0 aromatic heterocycles. The molecule has 0 bridgehead atoms. The second kappa shape index (κ2) is 13.4. The first-order chi connectivity index (χ1) is 26.7. The molecule has 0 spiro atoms. The summed E-state index contributed by atoms with van der Waals surface area (Å²) in [5.41, 5.74) is 7.31. The van der Waals surface area contributed by atoms with Gasteiger partial charge in [-0.3, -0.25) is 29.5 Å². The van der Waals surface area contributed by atoms with E-state index in [9.17, 15) is 19.5 Å². The molecule has 274 valence electrons. The van der Waals surface area contributed by atoms with Gasteiger partial charge in [0.05, 0.1) is 34.5 Å². The van der Waals surface area contributed by atoms with Crippen molar-refractivity contribution in [1.29, 1.82) is 0 Å². The van der Waals surface area contributed by atoms with Crippen LogP contribution in [0, 0.1) is 30.6 Å². The molecule has 6 atom stereocenters. The molecule has 9 nitrogen and oxygen atoms in total. The van der Waals surface area contributed by atoms with Crippen molar-refractivity contribution in [1.82, 2.24) is 5.01 Å². The maximum atomic E-state index is 15.3. The van der Waals surface area contributed by atoms with Crippen LogP contribution in [0.2, 0.25) is 0 Å². The Bertz CT molecular complexity index is 2380. The Morgan fingerprint density at radius 3 is 2.09 bits per heavy atom. The van der Waals surface area contributed by atoms with Gasteiger partial charge in [-0.15, -0.1) is 0 Å². The second-order valence-electron chi connectivity index (χ2n) is 14.8. The zero-order chi connectivity index (χ0) is 38.0. The number of rotatable bonds is 7. The Morgan fingerprint density at radius 1 is 0.727 bits per heavy atom. The SMILES string of the molecule is Cc1ccc(NN2C(=O)[C@@H]3C[C@@H]4C(=CC[C@@H]5C(=O)N(c6ccc(Nc7ccccc7)cc6)C(=O)[C@@H]54)[C@H](c4cc(Br)ccc4O)[C@]3(c3ccccc3)C2=O)cc1. The summed E-state index contributed by atoms with van der Waals surface area (Å²) in [6.07, 6.45) is 2.43. The third-order valence-corrected chi connectivity index (χ3v) is 12.4. The van der Waals surface area contributed by atoms with Crippen LogP contribution in [0.25, 0.3) is 0 Å². The van der Waals surface area contributed by atoms with Gasteiger partial charge in [0, 0.05) is 27.3 Å². The number of carbonyl (C=O) groups is 4. The predicted octanol–water partition coefficient (Wildman–Crippen LogP) is 8.40. The number of halogens is 1. The lowest BCUT2D eigenvalue weighted by atomic mass is 9.49. The zero-order valence-electron chi connectivity index (χ0n) is 29.9. The van der Waals surface area contributed by atoms with Crippen LogP contribution < -0.4 is 15.6 Å². The van der Waals surface area contributed by atoms with Gasteiger partial charge in [-0.25, -0.2) is 0 Å². The summed E-state index contributed by atoms with van der Waals surface area (Å²) in [7, 11) is 0. The number of carbonyl (C=O) groups excluding carboxylic acids is 4. The Kier molecular flexibility index (Phi) is 8.46.